The van der Waals surface area contributed by atoms with Crippen LogP contribution >= 0.6 is 23.4 Å². The van der Waals surface area contributed by atoms with Gasteiger partial charge in [-0.15, -0.1) is 0 Å². The zero-order chi connectivity index (χ0) is 16.7. The molecule has 3 heteroatoms. The average Bonchev–Trinajstić information content (AvgIpc) is 3.35. The van der Waals surface area contributed by atoms with E-state index in [1.165, 1.54) is 40.4 Å². The van der Waals surface area contributed by atoms with Crippen molar-refractivity contribution >= 4 is 34.3 Å². The predicted molar refractivity (Wildman–Crippen MR) is 106 cm³/mol. The molecule has 0 amide bonds. The SMILES string of the molecule is CSCc1cccc2c(C(C)(c3ccc(Cl)cc3)C3CC3)c[nH]c12. The van der Waals surface area contributed by atoms with Gasteiger partial charge in [0, 0.05) is 33.3 Å². The molecule has 1 heterocycles. The van der Waals surface area contributed by atoms with E-state index in [0.717, 1.165) is 10.8 Å². The van der Waals surface area contributed by atoms with Gasteiger partial charge in [-0.3, -0.25) is 0 Å². The lowest BCUT2D eigenvalue weighted by Gasteiger charge is -2.31. The molecule has 1 aliphatic carbocycles. The molecule has 0 bridgehead atoms. The van der Waals surface area contributed by atoms with E-state index < -0.39 is 0 Å². The molecule has 3 aromatic rings. The highest BCUT2D eigenvalue weighted by atomic mass is 35.5. The zero-order valence-corrected chi connectivity index (χ0v) is 15.7. The van der Waals surface area contributed by atoms with Gasteiger partial charge in [-0.1, -0.05) is 48.9 Å². The van der Waals surface area contributed by atoms with Crippen LogP contribution in [-0.4, -0.2) is 11.2 Å². The highest BCUT2D eigenvalue weighted by Crippen LogP contribution is 2.53. The summed E-state index contributed by atoms with van der Waals surface area (Å²) >= 11 is 7.99. The predicted octanol–water partition coefficient (Wildman–Crippen LogP) is 6.40. The second-order valence-electron chi connectivity index (χ2n) is 6.96. The van der Waals surface area contributed by atoms with Crippen LogP contribution in [-0.2, 0) is 11.2 Å². The molecule has 1 N–H and O–H groups in total. The Morgan fingerprint density at radius 1 is 1.17 bits per heavy atom. The van der Waals surface area contributed by atoms with Crippen LogP contribution in [0.15, 0.2) is 48.7 Å². The molecule has 0 aliphatic heterocycles. The van der Waals surface area contributed by atoms with E-state index in [2.05, 4.69) is 54.7 Å². The van der Waals surface area contributed by atoms with Crippen LogP contribution in [0, 0.1) is 5.92 Å². The van der Waals surface area contributed by atoms with Crippen molar-refractivity contribution < 1.29 is 0 Å². The Balaban J connectivity index is 1.89. The molecule has 1 nitrogen and oxygen atoms in total. The number of halogens is 1. The summed E-state index contributed by atoms with van der Waals surface area (Å²) in [5.74, 6) is 1.75. The van der Waals surface area contributed by atoms with E-state index in [0.29, 0.717) is 5.92 Å². The largest absolute Gasteiger partial charge is 0.361 e. The van der Waals surface area contributed by atoms with Crippen molar-refractivity contribution in [3.63, 3.8) is 0 Å². The third kappa shape index (κ3) is 2.57. The second kappa shape index (κ2) is 6.16. The van der Waals surface area contributed by atoms with Crippen molar-refractivity contribution in [2.24, 2.45) is 5.92 Å². The topological polar surface area (TPSA) is 15.8 Å². The van der Waals surface area contributed by atoms with Crippen molar-refractivity contribution in [2.75, 3.05) is 6.26 Å². The molecular formula is C21H22ClNS. The maximum atomic E-state index is 6.12. The first-order valence-electron chi connectivity index (χ1n) is 8.49. The Morgan fingerprint density at radius 3 is 2.58 bits per heavy atom. The molecule has 0 saturated heterocycles. The molecule has 24 heavy (non-hydrogen) atoms. The first kappa shape index (κ1) is 16.1. The molecule has 4 rings (SSSR count). The van der Waals surface area contributed by atoms with Crippen LogP contribution in [0.3, 0.4) is 0 Å². The molecule has 0 radical (unpaired) electrons. The molecule has 1 aliphatic rings. The van der Waals surface area contributed by atoms with Gasteiger partial charge in [0.25, 0.3) is 0 Å². The smallest absolute Gasteiger partial charge is 0.0498 e. The number of nitrogens with one attached hydrogen (secondary N) is 1. The van der Waals surface area contributed by atoms with Gasteiger partial charge >= 0.3 is 0 Å². The summed E-state index contributed by atoms with van der Waals surface area (Å²) in [6, 6.07) is 15.1. The van der Waals surface area contributed by atoms with Crippen LogP contribution in [0.25, 0.3) is 10.9 Å². The average molecular weight is 356 g/mol. The molecule has 1 atom stereocenters. The highest BCUT2D eigenvalue weighted by Gasteiger charge is 2.45. The maximum absolute atomic E-state index is 6.12. The Morgan fingerprint density at radius 2 is 1.92 bits per heavy atom. The fourth-order valence-corrected chi connectivity index (χ4v) is 4.67. The molecule has 0 spiro atoms. The van der Waals surface area contributed by atoms with E-state index in [1.54, 1.807) is 0 Å². The number of rotatable bonds is 5. The number of hydrogen-bond donors (Lipinski definition) is 1. The third-order valence-corrected chi connectivity index (χ3v) is 6.35. The number of thioether (sulfide) groups is 1. The van der Waals surface area contributed by atoms with E-state index in [-0.39, 0.29) is 5.41 Å². The van der Waals surface area contributed by atoms with Gasteiger partial charge in [0.15, 0.2) is 0 Å². The van der Waals surface area contributed by atoms with Crippen LogP contribution < -0.4 is 0 Å². The summed E-state index contributed by atoms with van der Waals surface area (Å²) in [5, 5.41) is 2.17. The minimum Gasteiger partial charge on any atom is -0.361 e. The summed E-state index contributed by atoms with van der Waals surface area (Å²) < 4.78 is 0. The summed E-state index contributed by atoms with van der Waals surface area (Å²) in [5.41, 5.74) is 5.51. The number of hydrogen-bond acceptors (Lipinski definition) is 1. The van der Waals surface area contributed by atoms with E-state index >= 15 is 0 Å². The number of aromatic nitrogens is 1. The number of aromatic amines is 1. The summed E-state index contributed by atoms with van der Waals surface area (Å²) in [7, 11) is 0. The van der Waals surface area contributed by atoms with Crippen molar-refractivity contribution in [3.05, 3.63) is 70.4 Å². The first-order valence-corrected chi connectivity index (χ1v) is 10.3. The number of fused-ring (bicyclic) bond motifs is 1. The van der Waals surface area contributed by atoms with Crippen molar-refractivity contribution in [1.29, 1.82) is 0 Å². The molecule has 1 aromatic heterocycles. The fraction of sp³-hybridized carbons (Fsp3) is 0.333. The molecule has 2 aromatic carbocycles. The normalized spacial score (nSPS) is 17.1. The molecule has 1 unspecified atom stereocenters. The van der Waals surface area contributed by atoms with Gasteiger partial charge in [0.2, 0.25) is 0 Å². The Labute approximate surface area is 152 Å². The first-order chi connectivity index (χ1) is 11.6. The van der Waals surface area contributed by atoms with Crippen molar-refractivity contribution in [3.8, 4) is 0 Å². The molecular weight excluding hydrogens is 334 g/mol. The molecule has 1 saturated carbocycles. The zero-order valence-electron chi connectivity index (χ0n) is 14.1. The molecule has 1 fully saturated rings. The quantitative estimate of drug-likeness (QED) is 0.559. The third-order valence-electron chi connectivity index (χ3n) is 5.50. The standard InChI is InChI=1S/C21H22ClNS/c1-21(15-6-7-15,16-8-10-17(22)11-9-16)19-12-23-20-14(13-24-2)4-3-5-18(19)20/h3-5,8-12,15,23H,6-7,13H2,1-2H3. The fourth-order valence-electron chi connectivity index (χ4n) is 3.99. The lowest BCUT2D eigenvalue weighted by Crippen LogP contribution is -2.26. The lowest BCUT2D eigenvalue weighted by atomic mass is 9.72. The van der Waals surface area contributed by atoms with Crippen LogP contribution in [0.5, 0.6) is 0 Å². The minimum atomic E-state index is 0.0425. The van der Waals surface area contributed by atoms with Crippen molar-refractivity contribution in [1.82, 2.24) is 4.98 Å². The molecule has 124 valence electrons. The lowest BCUT2D eigenvalue weighted by molar-refractivity contribution is 0.499. The summed E-state index contributed by atoms with van der Waals surface area (Å²) in [6.45, 7) is 2.40. The Bertz CT molecular complexity index is 863. The monoisotopic (exact) mass is 355 g/mol. The second-order valence-corrected chi connectivity index (χ2v) is 8.26. The maximum Gasteiger partial charge on any atom is 0.0498 e. The van der Waals surface area contributed by atoms with E-state index in [1.807, 2.05) is 23.9 Å². The number of H-pyrrole nitrogens is 1. The van der Waals surface area contributed by atoms with Gasteiger partial charge < -0.3 is 4.98 Å². The highest BCUT2D eigenvalue weighted by molar-refractivity contribution is 7.97. The van der Waals surface area contributed by atoms with Crippen LogP contribution in [0.2, 0.25) is 5.02 Å². The number of benzene rings is 2. The van der Waals surface area contributed by atoms with Gasteiger partial charge in [-0.25, -0.2) is 0 Å². The van der Waals surface area contributed by atoms with Gasteiger partial charge in [0.1, 0.15) is 0 Å². The van der Waals surface area contributed by atoms with Gasteiger partial charge in [0.05, 0.1) is 0 Å². The van der Waals surface area contributed by atoms with E-state index in [4.69, 9.17) is 11.6 Å². The summed E-state index contributed by atoms with van der Waals surface area (Å²) in [6.07, 6.45) is 7.00. The number of para-hydroxylation sites is 1. The van der Waals surface area contributed by atoms with Crippen LogP contribution in [0.4, 0.5) is 0 Å². The van der Waals surface area contributed by atoms with E-state index in [9.17, 15) is 0 Å². The Hall–Kier alpha value is -1.38. The van der Waals surface area contributed by atoms with Crippen molar-refractivity contribution in [2.45, 2.75) is 30.9 Å². The Kier molecular flexibility index (Phi) is 4.14. The minimum absolute atomic E-state index is 0.0425. The summed E-state index contributed by atoms with van der Waals surface area (Å²) in [4.78, 5) is 3.57. The van der Waals surface area contributed by atoms with Gasteiger partial charge in [-0.2, -0.15) is 11.8 Å². The van der Waals surface area contributed by atoms with Gasteiger partial charge in [-0.05, 0) is 53.8 Å². The van der Waals surface area contributed by atoms with Crippen LogP contribution in [0.1, 0.15) is 36.5 Å².